The van der Waals surface area contributed by atoms with Crippen LogP contribution in [-0.4, -0.2) is 20.0 Å². The number of anilines is 1. The maximum absolute atomic E-state index is 12.9. The van der Waals surface area contributed by atoms with Crippen LogP contribution in [0.1, 0.15) is 0 Å². The SMILES string of the molecule is Cn1ncc(-c2ccc(F)c(O)c2O)c1N. The molecule has 2 rings (SSSR count). The van der Waals surface area contributed by atoms with E-state index in [1.807, 2.05) is 0 Å². The van der Waals surface area contributed by atoms with Gasteiger partial charge in [-0.1, -0.05) is 0 Å². The fourth-order valence-electron chi connectivity index (χ4n) is 1.43. The zero-order valence-corrected chi connectivity index (χ0v) is 8.48. The molecule has 0 aliphatic rings. The minimum Gasteiger partial charge on any atom is -0.504 e. The molecule has 1 aromatic carbocycles. The predicted molar refractivity (Wildman–Crippen MR) is 56.3 cm³/mol. The van der Waals surface area contributed by atoms with Crippen molar-refractivity contribution in [2.45, 2.75) is 0 Å². The number of halogens is 1. The third-order valence-corrected chi connectivity index (χ3v) is 2.38. The Labute approximate surface area is 90.6 Å². The van der Waals surface area contributed by atoms with E-state index in [0.29, 0.717) is 11.4 Å². The van der Waals surface area contributed by atoms with Gasteiger partial charge in [0, 0.05) is 18.2 Å². The molecule has 5 nitrogen and oxygen atoms in total. The second kappa shape index (κ2) is 3.41. The van der Waals surface area contributed by atoms with Crippen molar-refractivity contribution in [2.24, 2.45) is 7.05 Å². The van der Waals surface area contributed by atoms with Crippen LogP contribution < -0.4 is 5.73 Å². The molecule has 6 heteroatoms. The number of rotatable bonds is 1. The quantitative estimate of drug-likeness (QED) is 0.634. The summed E-state index contributed by atoms with van der Waals surface area (Å²) >= 11 is 0. The molecule has 0 radical (unpaired) electrons. The summed E-state index contributed by atoms with van der Waals surface area (Å²) in [4.78, 5) is 0. The van der Waals surface area contributed by atoms with Crippen LogP contribution in [0.2, 0.25) is 0 Å². The van der Waals surface area contributed by atoms with Gasteiger partial charge in [-0.2, -0.15) is 5.10 Å². The normalized spacial score (nSPS) is 10.6. The summed E-state index contributed by atoms with van der Waals surface area (Å²) in [6.07, 6.45) is 1.43. The maximum atomic E-state index is 12.9. The highest BCUT2D eigenvalue weighted by atomic mass is 19.1. The Morgan fingerprint density at radius 3 is 2.50 bits per heavy atom. The van der Waals surface area contributed by atoms with E-state index >= 15 is 0 Å². The molecular weight excluding hydrogens is 213 g/mol. The van der Waals surface area contributed by atoms with Gasteiger partial charge in [0.2, 0.25) is 0 Å². The van der Waals surface area contributed by atoms with Gasteiger partial charge in [-0.15, -0.1) is 0 Å². The van der Waals surface area contributed by atoms with Gasteiger partial charge in [-0.3, -0.25) is 4.68 Å². The third-order valence-electron chi connectivity index (χ3n) is 2.38. The predicted octanol–water partition coefficient (Wildman–Crippen LogP) is 1.22. The zero-order valence-electron chi connectivity index (χ0n) is 8.48. The molecule has 0 amide bonds. The number of aromatic nitrogens is 2. The number of benzene rings is 1. The number of phenolic OH excluding ortho intramolecular Hbond substituents is 2. The number of hydrogen-bond acceptors (Lipinski definition) is 4. The molecule has 84 valence electrons. The Balaban J connectivity index is 2.66. The summed E-state index contributed by atoms with van der Waals surface area (Å²) in [7, 11) is 1.64. The summed E-state index contributed by atoms with van der Waals surface area (Å²) < 4.78 is 14.3. The molecule has 1 aromatic heterocycles. The summed E-state index contributed by atoms with van der Waals surface area (Å²) in [5, 5.41) is 22.7. The van der Waals surface area contributed by atoms with E-state index in [1.54, 1.807) is 7.05 Å². The molecule has 0 atom stereocenters. The molecule has 0 saturated heterocycles. The molecule has 4 N–H and O–H groups in total. The number of aryl methyl sites for hydroxylation is 1. The van der Waals surface area contributed by atoms with E-state index in [0.717, 1.165) is 6.07 Å². The van der Waals surface area contributed by atoms with Gasteiger partial charge in [-0.05, 0) is 12.1 Å². The smallest absolute Gasteiger partial charge is 0.194 e. The molecule has 1 heterocycles. The van der Waals surface area contributed by atoms with Gasteiger partial charge in [0.25, 0.3) is 0 Å². The van der Waals surface area contributed by atoms with E-state index in [-0.39, 0.29) is 5.56 Å². The Kier molecular flexibility index (Phi) is 2.19. The standard InChI is InChI=1S/C10H10FN3O2/c1-14-10(12)6(4-13-14)5-2-3-7(11)9(16)8(5)15/h2-4,15-16H,12H2,1H3. The van der Waals surface area contributed by atoms with Crippen molar-refractivity contribution in [3.8, 4) is 22.6 Å². The Morgan fingerprint density at radius 1 is 1.25 bits per heavy atom. The molecular formula is C10H10FN3O2. The molecule has 0 saturated carbocycles. The first-order chi connectivity index (χ1) is 7.52. The molecule has 0 spiro atoms. The van der Waals surface area contributed by atoms with Crippen LogP contribution in [0.15, 0.2) is 18.3 Å². The summed E-state index contributed by atoms with van der Waals surface area (Å²) in [6.45, 7) is 0. The van der Waals surface area contributed by atoms with Gasteiger partial charge in [0.05, 0.1) is 6.20 Å². The lowest BCUT2D eigenvalue weighted by molar-refractivity contribution is 0.380. The largest absolute Gasteiger partial charge is 0.504 e. The van der Waals surface area contributed by atoms with Crippen molar-refractivity contribution < 1.29 is 14.6 Å². The van der Waals surface area contributed by atoms with Crippen molar-refractivity contribution in [3.63, 3.8) is 0 Å². The van der Waals surface area contributed by atoms with Gasteiger partial charge >= 0.3 is 0 Å². The highest BCUT2D eigenvalue weighted by molar-refractivity contribution is 5.79. The Morgan fingerprint density at radius 2 is 1.94 bits per heavy atom. The lowest BCUT2D eigenvalue weighted by atomic mass is 10.1. The van der Waals surface area contributed by atoms with Gasteiger partial charge in [0.15, 0.2) is 17.3 Å². The third kappa shape index (κ3) is 1.35. The van der Waals surface area contributed by atoms with E-state index in [1.165, 1.54) is 16.9 Å². The van der Waals surface area contributed by atoms with Crippen LogP contribution in [0, 0.1) is 5.82 Å². The van der Waals surface area contributed by atoms with Crippen LogP contribution in [0.3, 0.4) is 0 Å². The average molecular weight is 223 g/mol. The van der Waals surface area contributed by atoms with Crippen molar-refractivity contribution in [1.29, 1.82) is 0 Å². The molecule has 16 heavy (non-hydrogen) atoms. The first-order valence-electron chi connectivity index (χ1n) is 4.50. The number of phenols is 2. The number of nitrogen functional groups attached to an aromatic ring is 1. The fraction of sp³-hybridized carbons (Fsp3) is 0.100. The van der Waals surface area contributed by atoms with Crippen molar-refractivity contribution in [3.05, 3.63) is 24.1 Å². The molecule has 0 aliphatic carbocycles. The monoisotopic (exact) mass is 223 g/mol. The second-order valence-corrected chi connectivity index (χ2v) is 3.36. The van der Waals surface area contributed by atoms with Crippen LogP contribution in [-0.2, 0) is 7.05 Å². The summed E-state index contributed by atoms with van der Waals surface area (Å²) in [5.41, 5.74) is 6.39. The number of hydrogen-bond donors (Lipinski definition) is 3. The number of aromatic hydroxyl groups is 2. The average Bonchev–Trinajstić information content (AvgIpc) is 2.58. The first kappa shape index (κ1) is 10.3. The molecule has 0 unspecified atom stereocenters. The van der Waals surface area contributed by atoms with Gasteiger partial charge < -0.3 is 15.9 Å². The highest BCUT2D eigenvalue weighted by Crippen LogP contribution is 2.39. The van der Waals surface area contributed by atoms with Crippen molar-refractivity contribution in [1.82, 2.24) is 9.78 Å². The van der Waals surface area contributed by atoms with Gasteiger partial charge in [-0.25, -0.2) is 4.39 Å². The van der Waals surface area contributed by atoms with Gasteiger partial charge in [0.1, 0.15) is 5.82 Å². The molecule has 0 aliphatic heterocycles. The molecule has 0 bridgehead atoms. The van der Waals surface area contributed by atoms with Crippen LogP contribution in [0.25, 0.3) is 11.1 Å². The van der Waals surface area contributed by atoms with Crippen LogP contribution in [0.4, 0.5) is 10.2 Å². The Hall–Kier alpha value is -2.24. The maximum Gasteiger partial charge on any atom is 0.194 e. The summed E-state index contributed by atoms with van der Waals surface area (Å²) in [5.74, 6) is -1.90. The van der Waals surface area contributed by atoms with Crippen molar-refractivity contribution >= 4 is 5.82 Å². The second-order valence-electron chi connectivity index (χ2n) is 3.36. The van der Waals surface area contributed by atoms with E-state index in [9.17, 15) is 14.6 Å². The number of nitrogens with zero attached hydrogens (tertiary/aromatic N) is 2. The minimum atomic E-state index is -0.885. The fourth-order valence-corrected chi connectivity index (χ4v) is 1.43. The first-order valence-corrected chi connectivity index (χ1v) is 4.50. The molecule has 0 fully saturated rings. The molecule has 2 aromatic rings. The van der Waals surface area contributed by atoms with E-state index < -0.39 is 17.3 Å². The lowest BCUT2D eigenvalue weighted by Gasteiger charge is -2.06. The summed E-state index contributed by atoms with van der Waals surface area (Å²) in [6, 6.07) is 2.38. The van der Waals surface area contributed by atoms with E-state index in [4.69, 9.17) is 5.73 Å². The van der Waals surface area contributed by atoms with E-state index in [2.05, 4.69) is 5.10 Å². The topological polar surface area (TPSA) is 84.3 Å². The minimum absolute atomic E-state index is 0.240. The van der Waals surface area contributed by atoms with Crippen LogP contribution >= 0.6 is 0 Å². The van der Waals surface area contributed by atoms with Crippen molar-refractivity contribution in [2.75, 3.05) is 5.73 Å². The highest BCUT2D eigenvalue weighted by Gasteiger charge is 2.16. The Bertz CT molecular complexity index is 551. The zero-order chi connectivity index (χ0) is 11.9. The van der Waals surface area contributed by atoms with Crippen LogP contribution in [0.5, 0.6) is 11.5 Å². The number of nitrogens with two attached hydrogens (primary N) is 1. The lowest BCUT2D eigenvalue weighted by Crippen LogP contribution is -1.98.